The van der Waals surface area contributed by atoms with E-state index >= 15 is 0 Å². The molecule has 0 aromatic heterocycles. The number of aliphatic hydroxyl groups excluding tert-OH is 1. The number of halogens is 2. The van der Waals surface area contributed by atoms with Gasteiger partial charge in [-0.15, -0.1) is 0 Å². The highest BCUT2D eigenvalue weighted by atomic mass is 35.5. The second kappa shape index (κ2) is 9.21. The van der Waals surface area contributed by atoms with Crippen LogP contribution in [0, 0.1) is 6.92 Å². The fraction of sp³-hybridized carbons (Fsp3) is 0.304. The maximum atomic E-state index is 13.0. The van der Waals surface area contributed by atoms with Crippen molar-refractivity contribution in [2.45, 2.75) is 19.4 Å². The number of nitrogens with zero attached hydrogens (tertiary/aromatic N) is 2. The molecule has 1 fully saturated rings. The molecule has 1 saturated heterocycles. The van der Waals surface area contributed by atoms with E-state index in [2.05, 4.69) is 0 Å². The first-order valence-corrected chi connectivity index (χ1v) is 10.4. The van der Waals surface area contributed by atoms with E-state index in [-0.39, 0.29) is 11.3 Å². The molecule has 1 aliphatic rings. The molecule has 0 aliphatic carbocycles. The van der Waals surface area contributed by atoms with Crippen molar-refractivity contribution in [3.05, 3.63) is 74.8 Å². The van der Waals surface area contributed by atoms with Crippen LogP contribution in [0.2, 0.25) is 10.0 Å². The van der Waals surface area contributed by atoms with Gasteiger partial charge in [0.05, 0.1) is 21.7 Å². The van der Waals surface area contributed by atoms with Crippen molar-refractivity contribution in [3.63, 3.8) is 0 Å². The lowest BCUT2D eigenvalue weighted by Crippen LogP contribution is -2.32. The minimum atomic E-state index is -0.733. The number of carbonyl (C=O) groups is 2. The Labute approximate surface area is 186 Å². The molecule has 2 aromatic rings. The van der Waals surface area contributed by atoms with Gasteiger partial charge in [0.25, 0.3) is 11.7 Å². The van der Waals surface area contributed by atoms with Crippen LogP contribution in [0.5, 0.6) is 0 Å². The second-order valence-electron chi connectivity index (χ2n) is 7.69. The number of likely N-dealkylation sites (tertiary alicyclic amines) is 1. The number of Topliss-reactive ketones (excluding diaryl/α,β-unsaturated/α-hetero) is 1. The first-order valence-electron chi connectivity index (χ1n) is 9.66. The Balaban J connectivity index is 2.11. The van der Waals surface area contributed by atoms with E-state index in [1.807, 2.05) is 38.1 Å². The summed E-state index contributed by atoms with van der Waals surface area (Å²) in [6, 6.07) is 11.4. The summed E-state index contributed by atoms with van der Waals surface area (Å²) in [4.78, 5) is 29.3. The van der Waals surface area contributed by atoms with Gasteiger partial charge in [-0.3, -0.25) is 9.59 Å². The summed E-state index contributed by atoms with van der Waals surface area (Å²) in [6.07, 6.45) is 0.683. The normalized spacial score (nSPS) is 18.5. The molecule has 3 rings (SSSR count). The van der Waals surface area contributed by atoms with Crippen molar-refractivity contribution in [3.8, 4) is 0 Å². The van der Waals surface area contributed by atoms with Crippen LogP contribution in [0.15, 0.2) is 48.0 Å². The molecular weight excluding hydrogens is 423 g/mol. The van der Waals surface area contributed by atoms with E-state index < -0.39 is 17.7 Å². The molecule has 0 radical (unpaired) electrons. The van der Waals surface area contributed by atoms with E-state index in [0.29, 0.717) is 34.1 Å². The monoisotopic (exact) mass is 446 g/mol. The van der Waals surface area contributed by atoms with Crippen LogP contribution < -0.4 is 0 Å². The van der Waals surface area contributed by atoms with Crippen LogP contribution in [0.4, 0.5) is 0 Å². The first kappa shape index (κ1) is 22.3. The van der Waals surface area contributed by atoms with Gasteiger partial charge in [0.1, 0.15) is 5.76 Å². The van der Waals surface area contributed by atoms with Crippen LogP contribution in [0.3, 0.4) is 0 Å². The lowest BCUT2D eigenvalue weighted by Gasteiger charge is -2.26. The highest BCUT2D eigenvalue weighted by Crippen LogP contribution is 2.41. The van der Waals surface area contributed by atoms with Crippen LogP contribution in [0.25, 0.3) is 5.76 Å². The molecule has 1 N–H and O–H groups in total. The molecule has 158 valence electrons. The Morgan fingerprint density at radius 1 is 1.07 bits per heavy atom. The summed E-state index contributed by atoms with van der Waals surface area (Å²) in [5, 5.41) is 11.7. The smallest absolute Gasteiger partial charge is 0.295 e. The Morgan fingerprint density at radius 3 is 2.33 bits per heavy atom. The number of rotatable bonds is 6. The molecule has 0 saturated carbocycles. The van der Waals surface area contributed by atoms with Gasteiger partial charge in [-0.1, -0.05) is 59.1 Å². The summed E-state index contributed by atoms with van der Waals surface area (Å²) >= 11 is 12.3. The highest BCUT2D eigenvalue weighted by Gasteiger charge is 2.45. The Morgan fingerprint density at radius 2 is 1.73 bits per heavy atom. The van der Waals surface area contributed by atoms with E-state index in [1.165, 1.54) is 4.90 Å². The maximum Gasteiger partial charge on any atom is 0.295 e. The van der Waals surface area contributed by atoms with Crippen molar-refractivity contribution in [1.29, 1.82) is 0 Å². The number of carbonyl (C=O) groups excluding carboxylic acids is 2. The molecule has 30 heavy (non-hydrogen) atoms. The van der Waals surface area contributed by atoms with Gasteiger partial charge in [-0.25, -0.2) is 0 Å². The summed E-state index contributed by atoms with van der Waals surface area (Å²) < 4.78 is 0. The molecule has 1 heterocycles. The van der Waals surface area contributed by atoms with Crippen LogP contribution in [-0.4, -0.2) is 53.8 Å². The minimum absolute atomic E-state index is 0.0621. The van der Waals surface area contributed by atoms with Gasteiger partial charge in [-0.2, -0.15) is 0 Å². The van der Waals surface area contributed by atoms with Crippen LogP contribution in [-0.2, 0) is 9.59 Å². The number of aryl methyl sites for hydroxylation is 1. The zero-order valence-corrected chi connectivity index (χ0v) is 18.7. The van der Waals surface area contributed by atoms with E-state index in [0.717, 1.165) is 12.1 Å². The van der Waals surface area contributed by atoms with E-state index in [1.54, 1.807) is 30.3 Å². The lowest BCUT2D eigenvalue weighted by molar-refractivity contribution is -0.139. The molecule has 0 spiro atoms. The summed E-state index contributed by atoms with van der Waals surface area (Å²) in [5.41, 5.74) is 2.20. The molecule has 7 heteroatoms. The molecule has 1 amide bonds. The number of aliphatic hydroxyl groups is 1. The summed E-state index contributed by atoms with van der Waals surface area (Å²) in [5.74, 6) is -1.52. The van der Waals surface area contributed by atoms with Crippen molar-refractivity contribution in [1.82, 2.24) is 9.80 Å². The average molecular weight is 447 g/mol. The molecule has 5 nitrogen and oxygen atoms in total. The molecule has 1 atom stereocenters. The zero-order valence-electron chi connectivity index (χ0n) is 17.2. The van der Waals surface area contributed by atoms with Gasteiger partial charge in [0.2, 0.25) is 0 Å². The number of amides is 1. The summed E-state index contributed by atoms with van der Waals surface area (Å²) in [6.45, 7) is 3.07. The second-order valence-corrected chi connectivity index (χ2v) is 8.50. The molecule has 0 unspecified atom stereocenters. The Hall–Kier alpha value is -2.34. The zero-order chi connectivity index (χ0) is 22.0. The standard InChI is InChI=1S/C23H24Cl2N2O3/c1-14-5-7-15(8-6-14)21(28)19-20(16-9-10-17(24)18(25)13-16)27(23(30)22(19)29)12-4-11-26(2)3/h5-10,13,20,28H,4,11-12H2,1-3H3/b21-19+/t20-/m0/s1. The maximum absolute atomic E-state index is 13.0. The van der Waals surface area contributed by atoms with E-state index in [9.17, 15) is 14.7 Å². The molecule has 1 aliphatic heterocycles. The molecule has 2 aromatic carbocycles. The number of benzene rings is 2. The largest absolute Gasteiger partial charge is 0.507 e. The third-order valence-corrected chi connectivity index (χ3v) is 5.87. The predicted octanol–water partition coefficient (Wildman–Crippen LogP) is 4.68. The van der Waals surface area contributed by atoms with Gasteiger partial charge in [-0.05, 0) is 51.7 Å². The van der Waals surface area contributed by atoms with Crippen LogP contribution in [0.1, 0.15) is 29.2 Å². The minimum Gasteiger partial charge on any atom is -0.507 e. The number of ketones is 1. The van der Waals surface area contributed by atoms with Gasteiger partial charge in [0, 0.05) is 12.1 Å². The summed E-state index contributed by atoms with van der Waals surface area (Å²) in [7, 11) is 3.89. The van der Waals surface area contributed by atoms with Gasteiger partial charge >= 0.3 is 0 Å². The quantitative estimate of drug-likeness (QED) is 0.397. The third kappa shape index (κ3) is 4.53. The Bertz CT molecular complexity index is 1000. The predicted molar refractivity (Wildman–Crippen MR) is 120 cm³/mol. The van der Waals surface area contributed by atoms with Crippen molar-refractivity contribution in [2.75, 3.05) is 27.2 Å². The number of hydrogen-bond acceptors (Lipinski definition) is 4. The lowest BCUT2D eigenvalue weighted by atomic mass is 9.95. The topological polar surface area (TPSA) is 60.9 Å². The SMILES string of the molecule is Cc1ccc(/C(O)=C2\C(=O)C(=O)N(CCCN(C)C)[C@H]2c2ccc(Cl)c(Cl)c2)cc1. The highest BCUT2D eigenvalue weighted by molar-refractivity contribution is 6.46. The van der Waals surface area contributed by atoms with E-state index in [4.69, 9.17) is 23.2 Å². The fourth-order valence-corrected chi connectivity index (χ4v) is 3.87. The van der Waals surface area contributed by atoms with Gasteiger partial charge in [0.15, 0.2) is 0 Å². The average Bonchev–Trinajstić information content (AvgIpc) is 2.95. The Kier molecular flexibility index (Phi) is 6.86. The van der Waals surface area contributed by atoms with Crippen LogP contribution >= 0.6 is 23.2 Å². The van der Waals surface area contributed by atoms with Crippen molar-refractivity contribution in [2.24, 2.45) is 0 Å². The number of hydrogen-bond donors (Lipinski definition) is 1. The van der Waals surface area contributed by atoms with Crippen molar-refractivity contribution >= 4 is 40.7 Å². The van der Waals surface area contributed by atoms with Gasteiger partial charge < -0.3 is 14.9 Å². The van der Waals surface area contributed by atoms with Crippen molar-refractivity contribution < 1.29 is 14.7 Å². The fourth-order valence-electron chi connectivity index (χ4n) is 3.56. The molecular formula is C23H24Cl2N2O3. The molecule has 0 bridgehead atoms. The first-order chi connectivity index (χ1) is 14.2. The third-order valence-electron chi connectivity index (χ3n) is 5.13.